The van der Waals surface area contributed by atoms with Crippen LogP contribution >= 0.6 is 23.2 Å². The lowest BCUT2D eigenvalue weighted by atomic mass is 10.2. The van der Waals surface area contributed by atoms with Crippen LogP contribution < -0.4 is 0 Å². The van der Waals surface area contributed by atoms with Crippen molar-refractivity contribution in [1.82, 2.24) is 4.98 Å². The summed E-state index contributed by atoms with van der Waals surface area (Å²) in [5.41, 5.74) is 0.828. The van der Waals surface area contributed by atoms with Crippen LogP contribution in [-0.4, -0.2) is 16.7 Å². The van der Waals surface area contributed by atoms with Crippen molar-refractivity contribution in [3.05, 3.63) is 34.1 Å². The van der Waals surface area contributed by atoms with Gasteiger partial charge in [-0.05, 0) is 17.7 Å². The Bertz CT molecular complexity index is 279. The average Bonchev–Trinajstić information content (AvgIpc) is 1.99. The summed E-state index contributed by atoms with van der Waals surface area (Å²) in [4.78, 5) is 3.78. The third kappa shape index (κ3) is 2.81. The van der Waals surface area contributed by atoms with Crippen molar-refractivity contribution >= 4 is 29.3 Å². The number of aliphatic hydroxyl groups is 1. The quantitative estimate of drug-likeness (QED) is 0.750. The molecule has 0 fully saturated rings. The van der Waals surface area contributed by atoms with Gasteiger partial charge in [-0.1, -0.05) is 35.4 Å². The van der Waals surface area contributed by atoms with Gasteiger partial charge in [-0.15, -0.1) is 0 Å². The Kier molecular flexibility index (Phi) is 3.53. The first-order valence-corrected chi connectivity index (χ1v) is 4.08. The number of nitrogens with zero attached hydrogens (tertiary/aromatic N) is 1. The Morgan fingerprint density at radius 3 is 2.42 bits per heavy atom. The molecule has 0 saturated heterocycles. The lowest BCUT2D eigenvalue weighted by molar-refractivity contribution is 0.343. The molecule has 12 heavy (non-hydrogen) atoms. The predicted molar refractivity (Wildman–Crippen MR) is 50.4 cm³/mol. The number of pyridine rings is 1. The minimum Gasteiger partial charge on any atom is -0.392 e. The maximum absolute atomic E-state index is 8.50. The van der Waals surface area contributed by atoms with E-state index in [-0.39, 0.29) is 6.61 Å². The van der Waals surface area contributed by atoms with Crippen LogP contribution in [0.5, 0.6) is 0 Å². The molecule has 0 amide bonds. The summed E-state index contributed by atoms with van der Waals surface area (Å²) >= 11 is 11.3. The molecule has 2 nitrogen and oxygen atoms in total. The van der Waals surface area contributed by atoms with Gasteiger partial charge in [0.15, 0.2) is 0 Å². The molecule has 0 aromatic carbocycles. The summed E-state index contributed by atoms with van der Waals surface area (Å²) in [5.74, 6) is 0. The molecular formula is C8H7Cl2NO. The number of hydrogen-bond acceptors (Lipinski definition) is 2. The van der Waals surface area contributed by atoms with Crippen molar-refractivity contribution in [1.29, 1.82) is 0 Å². The molecule has 4 heteroatoms. The molecule has 0 spiro atoms. The van der Waals surface area contributed by atoms with Gasteiger partial charge in [-0.2, -0.15) is 0 Å². The summed E-state index contributed by atoms with van der Waals surface area (Å²) in [5, 5.41) is 9.19. The molecular weight excluding hydrogens is 197 g/mol. The van der Waals surface area contributed by atoms with Crippen LogP contribution in [0.4, 0.5) is 0 Å². The van der Waals surface area contributed by atoms with Crippen molar-refractivity contribution in [3.8, 4) is 0 Å². The molecule has 0 bridgehead atoms. The number of rotatable bonds is 2. The fourth-order valence-corrected chi connectivity index (χ4v) is 1.25. The first-order chi connectivity index (χ1) is 5.72. The van der Waals surface area contributed by atoms with Gasteiger partial charge in [0.25, 0.3) is 0 Å². The number of halogens is 2. The molecule has 0 radical (unpaired) electrons. The molecule has 64 valence electrons. The van der Waals surface area contributed by atoms with Crippen LogP contribution in [0.3, 0.4) is 0 Å². The van der Waals surface area contributed by atoms with Crippen molar-refractivity contribution in [2.24, 2.45) is 0 Å². The number of aromatic nitrogens is 1. The highest BCUT2D eigenvalue weighted by molar-refractivity contribution is 6.32. The van der Waals surface area contributed by atoms with Crippen LogP contribution in [0, 0.1) is 0 Å². The van der Waals surface area contributed by atoms with Gasteiger partial charge in [0.1, 0.15) is 10.3 Å². The minimum atomic E-state index is -0.00242. The molecule has 1 aromatic heterocycles. The van der Waals surface area contributed by atoms with E-state index in [1.807, 2.05) is 0 Å². The molecule has 0 saturated carbocycles. The zero-order valence-corrected chi connectivity index (χ0v) is 7.68. The molecule has 0 aliphatic carbocycles. The maximum Gasteiger partial charge on any atom is 0.131 e. The molecule has 0 aliphatic heterocycles. The second kappa shape index (κ2) is 4.45. The predicted octanol–water partition coefficient (Wildman–Crippen LogP) is 2.39. The van der Waals surface area contributed by atoms with Gasteiger partial charge in [0.2, 0.25) is 0 Å². The molecule has 0 aliphatic rings. The van der Waals surface area contributed by atoms with E-state index in [2.05, 4.69) is 4.98 Å². The van der Waals surface area contributed by atoms with Gasteiger partial charge >= 0.3 is 0 Å². The third-order valence-electron chi connectivity index (χ3n) is 1.20. The molecule has 1 aromatic rings. The first kappa shape index (κ1) is 9.52. The second-order valence-corrected chi connectivity index (χ2v) is 2.91. The van der Waals surface area contributed by atoms with E-state index < -0.39 is 0 Å². The summed E-state index contributed by atoms with van der Waals surface area (Å²) in [6, 6.07) is 3.33. The SMILES string of the molecule is OCC=Cc1cc(Cl)nc(Cl)c1. The van der Waals surface area contributed by atoms with Crippen molar-refractivity contribution in [2.45, 2.75) is 0 Å². The zero-order chi connectivity index (χ0) is 8.97. The molecule has 1 heterocycles. The lowest BCUT2D eigenvalue weighted by Crippen LogP contribution is -1.80. The van der Waals surface area contributed by atoms with E-state index in [1.54, 1.807) is 24.3 Å². The van der Waals surface area contributed by atoms with Crippen LogP contribution in [0.25, 0.3) is 6.08 Å². The van der Waals surface area contributed by atoms with E-state index in [1.165, 1.54) is 0 Å². The number of aliphatic hydroxyl groups excluding tert-OH is 1. The highest BCUT2D eigenvalue weighted by Crippen LogP contribution is 2.15. The van der Waals surface area contributed by atoms with Gasteiger partial charge < -0.3 is 5.11 Å². The smallest absolute Gasteiger partial charge is 0.131 e. The monoisotopic (exact) mass is 203 g/mol. The van der Waals surface area contributed by atoms with Crippen molar-refractivity contribution < 1.29 is 5.11 Å². The fourth-order valence-electron chi connectivity index (χ4n) is 0.768. The Labute approximate surface area is 80.5 Å². The zero-order valence-electron chi connectivity index (χ0n) is 6.17. The van der Waals surface area contributed by atoms with Crippen LogP contribution in [0.1, 0.15) is 5.56 Å². The number of hydrogen-bond donors (Lipinski definition) is 1. The topological polar surface area (TPSA) is 33.1 Å². The third-order valence-corrected chi connectivity index (χ3v) is 1.59. The highest BCUT2D eigenvalue weighted by Gasteiger charge is 1.95. The van der Waals surface area contributed by atoms with Crippen LogP contribution in [0.15, 0.2) is 18.2 Å². The Morgan fingerprint density at radius 1 is 1.33 bits per heavy atom. The Morgan fingerprint density at radius 2 is 1.92 bits per heavy atom. The first-order valence-electron chi connectivity index (χ1n) is 3.33. The molecule has 0 unspecified atom stereocenters. The lowest BCUT2D eigenvalue weighted by Gasteiger charge is -1.95. The van der Waals surface area contributed by atoms with Gasteiger partial charge in [0, 0.05) is 0 Å². The normalized spacial score (nSPS) is 10.9. The summed E-state index contributed by atoms with van der Waals surface area (Å²) in [6.07, 6.45) is 3.32. The standard InChI is InChI=1S/C8H7Cl2NO/c9-7-4-6(2-1-3-12)5-8(10)11-7/h1-2,4-5,12H,3H2. The van der Waals surface area contributed by atoms with Gasteiger partial charge in [-0.25, -0.2) is 4.98 Å². The summed E-state index contributed by atoms with van der Waals surface area (Å²) in [6.45, 7) is -0.00242. The van der Waals surface area contributed by atoms with E-state index in [4.69, 9.17) is 28.3 Å². The van der Waals surface area contributed by atoms with Gasteiger partial charge in [-0.3, -0.25) is 0 Å². The van der Waals surface area contributed by atoms with E-state index in [9.17, 15) is 0 Å². The van der Waals surface area contributed by atoms with Crippen LogP contribution in [-0.2, 0) is 0 Å². The highest BCUT2D eigenvalue weighted by atomic mass is 35.5. The molecule has 0 atom stereocenters. The Balaban J connectivity index is 2.93. The Hall–Kier alpha value is -0.570. The average molecular weight is 204 g/mol. The van der Waals surface area contributed by atoms with E-state index in [0.29, 0.717) is 10.3 Å². The summed E-state index contributed by atoms with van der Waals surface area (Å²) < 4.78 is 0. The second-order valence-electron chi connectivity index (χ2n) is 2.13. The van der Waals surface area contributed by atoms with Crippen molar-refractivity contribution in [2.75, 3.05) is 6.61 Å². The fraction of sp³-hybridized carbons (Fsp3) is 0.125. The van der Waals surface area contributed by atoms with E-state index >= 15 is 0 Å². The molecule has 1 rings (SSSR count). The summed E-state index contributed by atoms with van der Waals surface area (Å²) in [7, 11) is 0. The minimum absolute atomic E-state index is 0.00242. The van der Waals surface area contributed by atoms with Crippen LogP contribution in [0.2, 0.25) is 10.3 Å². The van der Waals surface area contributed by atoms with Crippen molar-refractivity contribution in [3.63, 3.8) is 0 Å². The largest absolute Gasteiger partial charge is 0.392 e. The maximum atomic E-state index is 8.50. The van der Waals surface area contributed by atoms with Gasteiger partial charge in [0.05, 0.1) is 6.61 Å². The van der Waals surface area contributed by atoms with E-state index in [0.717, 1.165) is 5.56 Å². The molecule has 1 N–H and O–H groups in total.